The number of hydrogen-bond acceptors (Lipinski definition) is 8. The van der Waals surface area contributed by atoms with Gasteiger partial charge in [0, 0.05) is 50.4 Å². The highest BCUT2D eigenvalue weighted by molar-refractivity contribution is 5.98. The highest BCUT2D eigenvalue weighted by atomic mass is 35.5. The Balaban J connectivity index is 0.00000267. The van der Waals surface area contributed by atoms with E-state index in [4.69, 9.17) is 9.40 Å². The van der Waals surface area contributed by atoms with Crippen LogP contribution in [0.5, 0.6) is 0 Å². The summed E-state index contributed by atoms with van der Waals surface area (Å²) in [5, 5.41) is 16.3. The maximum absolute atomic E-state index is 14.1. The monoisotopic (exact) mass is 584 g/mol. The summed E-state index contributed by atoms with van der Waals surface area (Å²) in [7, 11) is 0. The van der Waals surface area contributed by atoms with E-state index < -0.39 is 6.10 Å². The topological polar surface area (TPSA) is 124 Å². The number of nitrogens with zero attached hydrogens (tertiary/aromatic N) is 4. The van der Waals surface area contributed by atoms with Crippen LogP contribution in [0.2, 0.25) is 0 Å². The van der Waals surface area contributed by atoms with Crippen LogP contribution in [0.1, 0.15) is 63.0 Å². The molecule has 2 aliphatic heterocycles. The number of hydrogen-bond donors (Lipinski definition) is 3. The van der Waals surface area contributed by atoms with Crippen molar-refractivity contribution in [1.82, 2.24) is 25.1 Å². The molecule has 3 N–H and O–H groups in total. The lowest BCUT2D eigenvalue weighted by Crippen LogP contribution is -2.59. The van der Waals surface area contributed by atoms with Crippen LogP contribution >= 0.6 is 24.8 Å². The summed E-state index contributed by atoms with van der Waals surface area (Å²) in [5.74, 6) is 1.74. The maximum Gasteiger partial charge on any atom is 0.259 e. The third-order valence-corrected chi connectivity index (χ3v) is 6.81. The molecule has 4 rings (SSSR count). The maximum atomic E-state index is 14.1. The second-order valence-electron chi connectivity index (χ2n) is 11.6. The van der Waals surface area contributed by atoms with E-state index in [1.54, 1.807) is 17.4 Å². The summed E-state index contributed by atoms with van der Waals surface area (Å²) >= 11 is 0. The summed E-state index contributed by atoms with van der Waals surface area (Å²) < 4.78 is 5.46. The number of halogens is 2. The van der Waals surface area contributed by atoms with Crippen molar-refractivity contribution in [2.45, 2.75) is 65.1 Å². The van der Waals surface area contributed by atoms with Gasteiger partial charge in [-0.15, -0.1) is 24.8 Å². The Hall–Kier alpha value is -2.40. The lowest BCUT2D eigenvalue weighted by atomic mass is 9.91. The van der Waals surface area contributed by atoms with Gasteiger partial charge in [-0.1, -0.05) is 34.6 Å². The van der Waals surface area contributed by atoms with Crippen LogP contribution in [-0.2, 0) is 16.8 Å². The summed E-state index contributed by atoms with van der Waals surface area (Å²) in [6, 6.07) is 3.54. The van der Waals surface area contributed by atoms with E-state index >= 15 is 0 Å². The SMILES string of the molecule is CC(C)CN(C(=O)c1cnc(C(C)(C)C)nc1NCc1ccco1)C1CNCC(C(=O)N2CC(O)C2)C1.Cl.Cl. The minimum atomic E-state index is -0.432. The summed E-state index contributed by atoms with van der Waals surface area (Å²) in [6.45, 7) is 13.2. The molecule has 2 atom stereocenters. The predicted octanol–water partition coefficient (Wildman–Crippen LogP) is 3.10. The number of likely N-dealkylation sites (tertiary alicyclic amines) is 1. The standard InChI is InChI=1S/C27H40N6O4.2ClH/c1-17(2)14-33(19-9-18(10-28-11-19)24(35)32-15-20(34)16-32)25(36)22-13-30-26(27(3,4)5)31-23(22)29-12-21-7-6-8-37-21;;/h6-8,13,17-20,28,34H,9-12,14-16H2,1-5H3,(H,29,30,31);2*1H. The Morgan fingerprint density at radius 1 is 1.26 bits per heavy atom. The molecule has 2 aromatic heterocycles. The molecule has 0 aliphatic carbocycles. The van der Waals surface area contributed by atoms with Crippen molar-refractivity contribution in [3.05, 3.63) is 41.7 Å². The molecule has 0 bridgehead atoms. The number of furan rings is 1. The van der Waals surface area contributed by atoms with Crippen LogP contribution in [0.25, 0.3) is 0 Å². The van der Waals surface area contributed by atoms with Gasteiger partial charge in [0.2, 0.25) is 5.91 Å². The lowest BCUT2D eigenvalue weighted by Gasteiger charge is -2.42. The van der Waals surface area contributed by atoms with Crippen molar-refractivity contribution in [1.29, 1.82) is 0 Å². The first-order valence-corrected chi connectivity index (χ1v) is 13.1. The van der Waals surface area contributed by atoms with Gasteiger partial charge in [-0.05, 0) is 24.5 Å². The van der Waals surface area contributed by atoms with Gasteiger partial charge in [0.1, 0.15) is 23.0 Å². The second kappa shape index (κ2) is 13.8. The molecule has 4 heterocycles. The van der Waals surface area contributed by atoms with Crippen LogP contribution in [0.4, 0.5) is 5.82 Å². The van der Waals surface area contributed by atoms with Gasteiger partial charge in [-0.2, -0.15) is 0 Å². The zero-order valence-corrected chi connectivity index (χ0v) is 25.0. The Kier molecular flexibility index (Phi) is 11.6. The van der Waals surface area contributed by atoms with Gasteiger partial charge in [0.15, 0.2) is 0 Å². The molecule has 0 radical (unpaired) electrons. The molecular formula is C27H42Cl2N6O4. The van der Waals surface area contributed by atoms with E-state index in [1.165, 1.54) is 0 Å². The third kappa shape index (κ3) is 8.06. The first kappa shape index (κ1) is 32.8. The molecule has 2 unspecified atom stereocenters. The molecule has 218 valence electrons. The number of carbonyl (C=O) groups is 2. The summed E-state index contributed by atoms with van der Waals surface area (Å²) in [6.07, 6.45) is 3.38. The average Bonchev–Trinajstić information content (AvgIpc) is 3.36. The highest BCUT2D eigenvalue weighted by Crippen LogP contribution is 2.27. The van der Waals surface area contributed by atoms with Gasteiger partial charge >= 0.3 is 0 Å². The first-order valence-electron chi connectivity index (χ1n) is 13.1. The molecule has 0 aromatic carbocycles. The first-order chi connectivity index (χ1) is 17.5. The zero-order chi connectivity index (χ0) is 26.7. The van der Waals surface area contributed by atoms with Crippen LogP contribution in [-0.4, -0.2) is 81.6 Å². The molecule has 39 heavy (non-hydrogen) atoms. The number of amides is 2. The molecule has 2 aromatic rings. The van der Waals surface area contributed by atoms with Crippen molar-refractivity contribution in [2.24, 2.45) is 11.8 Å². The van der Waals surface area contributed by atoms with Gasteiger partial charge < -0.3 is 30.0 Å². The van der Waals surface area contributed by atoms with E-state index in [0.29, 0.717) is 62.9 Å². The molecular weight excluding hydrogens is 543 g/mol. The predicted molar refractivity (Wildman–Crippen MR) is 154 cm³/mol. The van der Waals surface area contributed by atoms with Crippen LogP contribution < -0.4 is 10.6 Å². The normalized spacial score (nSPS) is 19.5. The molecule has 2 saturated heterocycles. The number of aliphatic hydroxyl groups excluding tert-OH is 1. The van der Waals surface area contributed by atoms with Crippen LogP contribution in [0.3, 0.4) is 0 Å². The number of nitrogens with one attached hydrogen (secondary N) is 2. The van der Waals surface area contributed by atoms with E-state index in [0.717, 1.165) is 5.76 Å². The molecule has 2 amide bonds. The Morgan fingerprint density at radius 2 is 1.97 bits per heavy atom. The van der Waals surface area contributed by atoms with Gasteiger partial charge in [-0.3, -0.25) is 9.59 Å². The quantitative estimate of drug-likeness (QED) is 0.432. The van der Waals surface area contributed by atoms with Crippen molar-refractivity contribution < 1.29 is 19.1 Å². The fourth-order valence-electron chi connectivity index (χ4n) is 4.80. The van der Waals surface area contributed by atoms with Crippen LogP contribution in [0.15, 0.2) is 29.0 Å². The molecule has 12 heteroatoms. The second-order valence-corrected chi connectivity index (χ2v) is 11.6. The number of carbonyl (C=O) groups excluding carboxylic acids is 2. The van der Waals surface area contributed by atoms with Gasteiger partial charge in [-0.25, -0.2) is 9.97 Å². The van der Waals surface area contributed by atoms with Crippen molar-refractivity contribution in [3.63, 3.8) is 0 Å². The number of anilines is 1. The van der Waals surface area contributed by atoms with Crippen LogP contribution in [0, 0.1) is 11.8 Å². The minimum absolute atomic E-state index is 0. The van der Waals surface area contributed by atoms with E-state index in [9.17, 15) is 14.7 Å². The van der Waals surface area contributed by atoms with Crippen molar-refractivity contribution >= 4 is 42.4 Å². The fraction of sp³-hybridized carbons (Fsp3) is 0.630. The summed E-state index contributed by atoms with van der Waals surface area (Å²) in [5.41, 5.74) is 0.116. The summed E-state index contributed by atoms with van der Waals surface area (Å²) in [4.78, 5) is 39.9. The number of piperidine rings is 1. The molecule has 2 fully saturated rings. The fourth-order valence-corrected chi connectivity index (χ4v) is 4.80. The van der Waals surface area contributed by atoms with E-state index in [2.05, 4.69) is 29.5 Å². The zero-order valence-electron chi connectivity index (χ0n) is 23.3. The Labute approximate surface area is 243 Å². The van der Waals surface area contributed by atoms with Gasteiger partial charge in [0.05, 0.1) is 24.8 Å². The number of β-amino-alcohol motifs (C(OH)–C–C–N with tert-alkyl or cyclic N) is 1. The lowest BCUT2D eigenvalue weighted by molar-refractivity contribution is -0.146. The van der Waals surface area contributed by atoms with Crippen molar-refractivity contribution in [3.8, 4) is 0 Å². The highest BCUT2D eigenvalue weighted by Gasteiger charge is 2.39. The molecule has 2 aliphatic rings. The third-order valence-electron chi connectivity index (χ3n) is 6.81. The number of aromatic nitrogens is 2. The Bertz CT molecular complexity index is 1090. The van der Waals surface area contributed by atoms with E-state index in [-0.39, 0.29) is 59.9 Å². The smallest absolute Gasteiger partial charge is 0.259 e. The average molecular weight is 586 g/mol. The van der Waals surface area contributed by atoms with Crippen molar-refractivity contribution in [2.75, 3.05) is 38.0 Å². The minimum Gasteiger partial charge on any atom is -0.467 e. The largest absolute Gasteiger partial charge is 0.467 e. The van der Waals surface area contributed by atoms with Gasteiger partial charge in [0.25, 0.3) is 5.91 Å². The number of aliphatic hydroxyl groups is 1. The molecule has 0 saturated carbocycles. The Morgan fingerprint density at radius 3 is 2.56 bits per heavy atom. The number of rotatable bonds is 8. The molecule has 0 spiro atoms. The molecule has 10 nitrogen and oxygen atoms in total. The van der Waals surface area contributed by atoms with E-state index in [1.807, 2.05) is 37.8 Å².